The normalized spacial score (nSPS) is 15.9. The van der Waals surface area contributed by atoms with Crippen LogP contribution in [-0.4, -0.2) is 72.4 Å². The lowest BCUT2D eigenvalue weighted by molar-refractivity contribution is -0.132. The summed E-state index contributed by atoms with van der Waals surface area (Å²) in [4.78, 5) is 39.1. The van der Waals surface area contributed by atoms with E-state index in [0.717, 1.165) is 30.9 Å². The fourth-order valence-corrected chi connectivity index (χ4v) is 3.59. The van der Waals surface area contributed by atoms with Crippen molar-refractivity contribution in [2.24, 2.45) is 0 Å². The minimum absolute atomic E-state index is 0.0603. The zero-order chi connectivity index (χ0) is 23.3. The van der Waals surface area contributed by atoms with E-state index < -0.39 is 0 Å². The smallest absolute Gasteiger partial charge is 0.260 e. The maximum Gasteiger partial charge on any atom is 0.260 e. The van der Waals surface area contributed by atoms with Crippen LogP contribution in [0.4, 0.5) is 10.2 Å². The van der Waals surface area contributed by atoms with Gasteiger partial charge in [0.1, 0.15) is 23.2 Å². The molecule has 1 fully saturated rings. The van der Waals surface area contributed by atoms with Crippen LogP contribution in [0.1, 0.15) is 37.2 Å². The number of benzene rings is 1. The number of carbonyl (C=O) groups is 2. The van der Waals surface area contributed by atoms with Gasteiger partial charge in [0.2, 0.25) is 5.91 Å². The molecule has 2 aromatic rings. The molecule has 0 saturated carbocycles. The second-order valence-electron chi connectivity index (χ2n) is 8.27. The number of piperidine rings is 1. The predicted octanol–water partition coefficient (Wildman–Crippen LogP) is 2.45. The average Bonchev–Trinajstić information content (AvgIpc) is 2.78. The fraction of sp³-hybridized carbons (Fsp3) is 0.478. The number of ether oxygens (including phenoxy) is 1. The largest absolute Gasteiger partial charge is 0.484 e. The van der Waals surface area contributed by atoms with E-state index in [0.29, 0.717) is 24.7 Å². The number of aromatic nitrogens is 2. The van der Waals surface area contributed by atoms with Gasteiger partial charge in [0.05, 0.1) is 12.2 Å². The van der Waals surface area contributed by atoms with E-state index in [9.17, 15) is 14.0 Å². The molecule has 0 unspecified atom stereocenters. The molecular formula is C23H30FN5O3. The molecule has 0 radical (unpaired) electrons. The first kappa shape index (κ1) is 23.4. The van der Waals surface area contributed by atoms with E-state index in [1.807, 2.05) is 30.0 Å². The number of rotatable bonds is 7. The summed E-state index contributed by atoms with van der Waals surface area (Å²) in [6, 6.07) is 7.40. The molecule has 0 bridgehead atoms. The number of halogens is 1. The number of anilines is 1. The molecule has 9 heteroatoms. The molecule has 1 aliphatic heterocycles. The fourth-order valence-electron chi connectivity index (χ4n) is 3.59. The third-order valence-electron chi connectivity index (χ3n) is 5.47. The van der Waals surface area contributed by atoms with Gasteiger partial charge in [-0.25, -0.2) is 14.4 Å². The number of likely N-dealkylation sites (tertiary alicyclic amines) is 1. The molecule has 0 spiro atoms. The van der Waals surface area contributed by atoms with Crippen LogP contribution in [0.15, 0.2) is 30.3 Å². The van der Waals surface area contributed by atoms with Crippen molar-refractivity contribution < 1.29 is 18.7 Å². The topological polar surface area (TPSA) is 78.9 Å². The Kier molecular flexibility index (Phi) is 7.61. The van der Waals surface area contributed by atoms with Crippen molar-refractivity contribution in [3.8, 4) is 5.75 Å². The van der Waals surface area contributed by atoms with Gasteiger partial charge in [-0.2, -0.15) is 0 Å². The molecule has 1 atom stereocenters. The first-order valence-electron chi connectivity index (χ1n) is 10.7. The molecule has 172 valence electrons. The van der Waals surface area contributed by atoms with E-state index in [4.69, 9.17) is 14.7 Å². The summed E-state index contributed by atoms with van der Waals surface area (Å²) in [7, 11) is 5.50. The van der Waals surface area contributed by atoms with E-state index >= 15 is 0 Å². The zero-order valence-corrected chi connectivity index (χ0v) is 19.0. The first-order chi connectivity index (χ1) is 15.2. The maximum absolute atomic E-state index is 13.0. The Bertz CT molecular complexity index is 951. The highest BCUT2D eigenvalue weighted by Gasteiger charge is 2.26. The average molecular weight is 444 g/mol. The Morgan fingerprint density at radius 2 is 1.91 bits per heavy atom. The second kappa shape index (κ2) is 10.4. The maximum atomic E-state index is 13.0. The molecule has 32 heavy (non-hydrogen) atoms. The minimum Gasteiger partial charge on any atom is -0.484 e. The lowest BCUT2D eigenvalue weighted by atomic mass is 9.97. The van der Waals surface area contributed by atoms with Crippen LogP contribution in [0.3, 0.4) is 0 Å². The highest BCUT2D eigenvalue weighted by molar-refractivity contribution is 5.77. The standard InChI is InChI=1S/C23H30FN5O3/c1-16(30)29-11-5-6-17(13-29)23-25-19(12-21(26-23)27(2)3)14-28(4)22(31)15-32-20-9-7-18(24)8-10-20/h7-10,12,17H,5-6,11,13-15H2,1-4H3/t17-/m1/s1. The Hall–Kier alpha value is -3.23. The Balaban J connectivity index is 1.69. The van der Waals surface area contributed by atoms with Gasteiger partial charge in [0.25, 0.3) is 5.91 Å². The molecule has 0 N–H and O–H groups in total. The molecule has 3 rings (SSSR count). The molecular weight excluding hydrogens is 413 g/mol. The number of hydrogen-bond acceptors (Lipinski definition) is 6. The van der Waals surface area contributed by atoms with Crippen LogP contribution in [0.25, 0.3) is 0 Å². The molecule has 1 aromatic heterocycles. The van der Waals surface area contributed by atoms with Crippen LogP contribution in [0.2, 0.25) is 0 Å². The van der Waals surface area contributed by atoms with Crippen LogP contribution in [-0.2, 0) is 16.1 Å². The van der Waals surface area contributed by atoms with E-state index in [-0.39, 0.29) is 30.2 Å². The predicted molar refractivity (Wildman–Crippen MR) is 119 cm³/mol. The summed E-state index contributed by atoms with van der Waals surface area (Å²) >= 11 is 0. The van der Waals surface area contributed by atoms with Crippen LogP contribution < -0.4 is 9.64 Å². The van der Waals surface area contributed by atoms with Crippen molar-refractivity contribution in [1.29, 1.82) is 0 Å². The summed E-state index contributed by atoms with van der Waals surface area (Å²) in [6.07, 6.45) is 1.83. The van der Waals surface area contributed by atoms with Crippen LogP contribution >= 0.6 is 0 Å². The van der Waals surface area contributed by atoms with Crippen molar-refractivity contribution in [3.05, 3.63) is 47.7 Å². The van der Waals surface area contributed by atoms with Gasteiger partial charge < -0.3 is 19.4 Å². The lowest BCUT2D eigenvalue weighted by Crippen LogP contribution is -2.38. The molecule has 2 heterocycles. The van der Waals surface area contributed by atoms with Gasteiger partial charge in [-0.1, -0.05) is 0 Å². The molecule has 0 aliphatic carbocycles. The Labute approximate surface area is 188 Å². The third kappa shape index (κ3) is 6.15. The van der Waals surface area contributed by atoms with Crippen molar-refractivity contribution in [3.63, 3.8) is 0 Å². The van der Waals surface area contributed by atoms with Gasteiger partial charge >= 0.3 is 0 Å². The van der Waals surface area contributed by atoms with E-state index in [1.165, 1.54) is 29.2 Å². The van der Waals surface area contributed by atoms with Crippen molar-refractivity contribution in [2.75, 3.05) is 45.7 Å². The monoisotopic (exact) mass is 443 g/mol. The van der Waals surface area contributed by atoms with Crippen LogP contribution in [0.5, 0.6) is 5.75 Å². The summed E-state index contributed by atoms with van der Waals surface area (Å²) in [5.74, 6) is 1.43. The summed E-state index contributed by atoms with van der Waals surface area (Å²) < 4.78 is 18.5. The highest BCUT2D eigenvalue weighted by Crippen LogP contribution is 2.26. The number of carbonyl (C=O) groups excluding carboxylic acids is 2. The molecule has 2 amide bonds. The van der Waals surface area contributed by atoms with Gasteiger partial charge in [-0.15, -0.1) is 0 Å². The van der Waals surface area contributed by atoms with Gasteiger partial charge in [-0.3, -0.25) is 9.59 Å². The molecule has 1 aliphatic rings. The zero-order valence-electron chi connectivity index (χ0n) is 19.0. The van der Waals surface area contributed by atoms with Crippen molar-refractivity contribution >= 4 is 17.6 Å². The molecule has 8 nitrogen and oxygen atoms in total. The summed E-state index contributed by atoms with van der Waals surface area (Å²) in [5.41, 5.74) is 0.719. The number of nitrogens with zero attached hydrogens (tertiary/aromatic N) is 5. The van der Waals surface area contributed by atoms with Crippen molar-refractivity contribution in [2.45, 2.75) is 32.2 Å². The highest BCUT2D eigenvalue weighted by atomic mass is 19.1. The lowest BCUT2D eigenvalue weighted by Gasteiger charge is -2.31. The first-order valence-corrected chi connectivity index (χ1v) is 10.7. The van der Waals surface area contributed by atoms with Gasteiger partial charge in [0.15, 0.2) is 6.61 Å². The van der Waals surface area contributed by atoms with Gasteiger partial charge in [-0.05, 0) is 37.1 Å². The summed E-state index contributed by atoms with van der Waals surface area (Å²) in [6.45, 7) is 3.09. The van der Waals surface area contributed by atoms with Gasteiger partial charge in [0, 0.05) is 53.1 Å². The number of amides is 2. The minimum atomic E-state index is -0.360. The molecule has 1 aromatic carbocycles. The van der Waals surface area contributed by atoms with Crippen molar-refractivity contribution in [1.82, 2.24) is 19.8 Å². The van der Waals surface area contributed by atoms with Crippen LogP contribution in [0, 0.1) is 5.82 Å². The SMILES string of the molecule is CC(=O)N1CCC[C@@H](c2nc(CN(C)C(=O)COc3ccc(F)cc3)cc(N(C)C)n2)C1. The Morgan fingerprint density at radius 1 is 1.19 bits per heavy atom. The number of hydrogen-bond donors (Lipinski definition) is 0. The van der Waals surface area contributed by atoms with E-state index in [1.54, 1.807) is 14.0 Å². The Morgan fingerprint density at radius 3 is 2.56 bits per heavy atom. The third-order valence-corrected chi connectivity index (χ3v) is 5.47. The molecule has 1 saturated heterocycles. The van der Waals surface area contributed by atoms with E-state index in [2.05, 4.69) is 0 Å². The quantitative estimate of drug-likeness (QED) is 0.654. The second-order valence-corrected chi connectivity index (χ2v) is 8.27. The number of likely N-dealkylation sites (N-methyl/N-ethyl adjacent to an activating group) is 1. The summed E-state index contributed by atoms with van der Waals surface area (Å²) in [5, 5.41) is 0.